The topological polar surface area (TPSA) is 68.5 Å². The van der Waals surface area contributed by atoms with Crippen molar-refractivity contribution in [3.63, 3.8) is 0 Å². The molecule has 0 unspecified atom stereocenters. The van der Waals surface area contributed by atoms with E-state index in [1.807, 2.05) is 37.3 Å². The smallest absolute Gasteiger partial charge is 0.254 e. The summed E-state index contributed by atoms with van der Waals surface area (Å²) < 4.78 is 6.95. The second-order valence-corrected chi connectivity index (χ2v) is 7.34. The molecule has 0 spiro atoms. The van der Waals surface area contributed by atoms with E-state index >= 15 is 0 Å². The zero-order valence-electron chi connectivity index (χ0n) is 15.8. The minimum absolute atomic E-state index is 0.0745. The van der Waals surface area contributed by atoms with Crippen molar-refractivity contribution in [1.29, 1.82) is 0 Å². The lowest BCUT2D eigenvalue weighted by molar-refractivity contribution is 0.0949. The first-order valence-electron chi connectivity index (χ1n) is 8.56. The first kappa shape index (κ1) is 17.9. The molecule has 1 N–H and O–H groups in total. The van der Waals surface area contributed by atoms with Crippen LogP contribution in [-0.4, -0.2) is 27.6 Å². The van der Waals surface area contributed by atoms with Gasteiger partial charge in [-0.15, -0.1) is 0 Å². The van der Waals surface area contributed by atoms with Crippen LogP contribution in [0, 0.1) is 6.92 Å². The maximum atomic E-state index is 12.6. The van der Waals surface area contributed by atoms with E-state index in [1.54, 1.807) is 17.8 Å². The standard InChI is InChI=1S/C20H24N4O2/c1-13-16(12-21-18-10-17(20(2,3)4)23-24(13)18)19(25)22-11-14-7-6-8-15(9-14)26-5/h6-10,12H,11H2,1-5H3,(H,22,25). The molecule has 0 aliphatic rings. The normalized spacial score (nSPS) is 11.6. The highest BCUT2D eigenvalue weighted by Crippen LogP contribution is 2.22. The number of amides is 1. The molecule has 0 bridgehead atoms. The van der Waals surface area contributed by atoms with Gasteiger partial charge in [-0.25, -0.2) is 9.50 Å². The Morgan fingerprint density at radius 2 is 2.04 bits per heavy atom. The van der Waals surface area contributed by atoms with Crippen LogP contribution >= 0.6 is 0 Å². The summed E-state index contributed by atoms with van der Waals surface area (Å²) in [6.45, 7) is 8.61. The Kier molecular flexibility index (Phi) is 4.68. The third-order valence-corrected chi connectivity index (χ3v) is 4.32. The summed E-state index contributed by atoms with van der Waals surface area (Å²) in [6, 6.07) is 9.58. The number of hydrogen-bond donors (Lipinski definition) is 1. The van der Waals surface area contributed by atoms with Crippen LogP contribution in [0.25, 0.3) is 5.65 Å². The second-order valence-electron chi connectivity index (χ2n) is 7.34. The highest BCUT2D eigenvalue weighted by atomic mass is 16.5. The van der Waals surface area contributed by atoms with Gasteiger partial charge in [-0.1, -0.05) is 32.9 Å². The molecular weight excluding hydrogens is 328 g/mol. The summed E-state index contributed by atoms with van der Waals surface area (Å²) in [5, 5.41) is 7.56. The first-order valence-corrected chi connectivity index (χ1v) is 8.56. The molecule has 0 fully saturated rings. The van der Waals surface area contributed by atoms with E-state index in [2.05, 4.69) is 36.2 Å². The third-order valence-electron chi connectivity index (χ3n) is 4.32. The summed E-state index contributed by atoms with van der Waals surface area (Å²) in [4.78, 5) is 17.0. The molecule has 0 aliphatic carbocycles. The van der Waals surface area contributed by atoms with E-state index in [-0.39, 0.29) is 11.3 Å². The molecule has 6 nitrogen and oxygen atoms in total. The Morgan fingerprint density at radius 3 is 2.73 bits per heavy atom. The van der Waals surface area contributed by atoms with E-state index in [0.29, 0.717) is 12.1 Å². The van der Waals surface area contributed by atoms with Crippen LogP contribution in [-0.2, 0) is 12.0 Å². The Morgan fingerprint density at radius 1 is 1.27 bits per heavy atom. The van der Waals surface area contributed by atoms with Gasteiger partial charge in [-0.3, -0.25) is 4.79 Å². The first-order chi connectivity index (χ1) is 12.3. The van der Waals surface area contributed by atoms with Gasteiger partial charge in [0.2, 0.25) is 0 Å². The van der Waals surface area contributed by atoms with Crippen LogP contribution in [0.4, 0.5) is 0 Å². The average Bonchev–Trinajstić information content (AvgIpc) is 3.06. The van der Waals surface area contributed by atoms with Gasteiger partial charge < -0.3 is 10.1 Å². The molecule has 26 heavy (non-hydrogen) atoms. The second kappa shape index (κ2) is 6.78. The molecule has 0 saturated carbocycles. The molecule has 2 aromatic heterocycles. The van der Waals surface area contributed by atoms with Crippen LogP contribution in [0.3, 0.4) is 0 Å². The number of ether oxygens (including phenoxy) is 1. The van der Waals surface area contributed by atoms with Gasteiger partial charge in [0.05, 0.1) is 24.1 Å². The molecule has 3 rings (SSSR count). The largest absolute Gasteiger partial charge is 0.497 e. The number of nitrogens with zero attached hydrogens (tertiary/aromatic N) is 3. The fraction of sp³-hybridized carbons (Fsp3) is 0.350. The predicted molar refractivity (Wildman–Crippen MR) is 101 cm³/mol. The van der Waals surface area contributed by atoms with E-state index in [1.165, 1.54) is 0 Å². The predicted octanol–water partition coefficient (Wildman–Crippen LogP) is 3.27. The van der Waals surface area contributed by atoms with E-state index in [4.69, 9.17) is 4.74 Å². The fourth-order valence-electron chi connectivity index (χ4n) is 2.70. The van der Waals surface area contributed by atoms with Gasteiger partial charge in [0.1, 0.15) is 5.75 Å². The lowest BCUT2D eigenvalue weighted by atomic mass is 9.93. The lowest BCUT2D eigenvalue weighted by Crippen LogP contribution is -2.24. The van der Waals surface area contributed by atoms with Gasteiger partial charge in [-0.05, 0) is 24.6 Å². The summed E-state index contributed by atoms with van der Waals surface area (Å²) in [7, 11) is 1.62. The summed E-state index contributed by atoms with van der Waals surface area (Å²) in [5.74, 6) is 0.592. The minimum Gasteiger partial charge on any atom is -0.497 e. The highest BCUT2D eigenvalue weighted by Gasteiger charge is 2.20. The lowest BCUT2D eigenvalue weighted by Gasteiger charge is -2.13. The van der Waals surface area contributed by atoms with Crippen molar-refractivity contribution >= 4 is 11.6 Å². The van der Waals surface area contributed by atoms with E-state index < -0.39 is 0 Å². The van der Waals surface area contributed by atoms with Crippen molar-refractivity contribution in [2.75, 3.05) is 7.11 Å². The summed E-state index contributed by atoms with van der Waals surface area (Å²) >= 11 is 0. The Labute approximate surface area is 153 Å². The minimum atomic E-state index is -0.174. The number of rotatable bonds is 4. The molecule has 0 atom stereocenters. The molecule has 3 aromatic rings. The highest BCUT2D eigenvalue weighted by molar-refractivity contribution is 5.95. The van der Waals surface area contributed by atoms with Gasteiger partial charge in [-0.2, -0.15) is 5.10 Å². The van der Waals surface area contributed by atoms with Crippen LogP contribution in [0.2, 0.25) is 0 Å². The molecule has 1 aromatic carbocycles. The van der Waals surface area contributed by atoms with E-state index in [0.717, 1.165) is 28.3 Å². The Balaban J connectivity index is 1.82. The SMILES string of the molecule is COc1cccc(CNC(=O)c2cnc3cc(C(C)(C)C)nn3c2C)c1. The quantitative estimate of drug-likeness (QED) is 0.782. The van der Waals surface area contributed by atoms with Crippen molar-refractivity contribution in [2.24, 2.45) is 0 Å². The van der Waals surface area contributed by atoms with Crippen LogP contribution in [0.15, 0.2) is 36.5 Å². The Bertz CT molecular complexity index is 954. The maximum Gasteiger partial charge on any atom is 0.254 e. The third kappa shape index (κ3) is 3.54. The number of carbonyl (C=O) groups excluding carboxylic acids is 1. The van der Waals surface area contributed by atoms with Crippen LogP contribution in [0.1, 0.15) is 48.1 Å². The van der Waals surface area contributed by atoms with Crippen molar-refractivity contribution in [1.82, 2.24) is 19.9 Å². The number of nitrogens with one attached hydrogen (secondary N) is 1. The number of hydrogen-bond acceptors (Lipinski definition) is 4. The summed E-state index contributed by atoms with van der Waals surface area (Å²) in [6.07, 6.45) is 1.61. The van der Waals surface area contributed by atoms with Crippen LogP contribution in [0.5, 0.6) is 5.75 Å². The summed E-state index contributed by atoms with van der Waals surface area (Å²) in [5.41, 5.74) is 3.88. The molecule has 2 heterocycles. The fourth-order valence-corrected chi connectivity index (χ4v) is 2.70. The number of aryl methyl sites for hydroxylation is 1. The molecule has 0 aliphatic heterocycles. The molecule has 0 saturated heterocycles. The average molecular weight is 352 g/mol. The molecular formula is C20H24N4O2. The van der Waals surface area contributed by atoms with Crippen molar-refractivity contribution in [3.05, 3.63) is 59.0 Å². The van der Waals surface area contributed by atoms with Crippen molar-refractivity contribution < 1.29 is 9.53 Å². The number of benzene rings is 1. The zero-order valence-corrected chi connectivity index (χ0v) is 15.8. The van der Waals surface area contributed by atoms with Crippen LogP contribution < -0.4 is 10.1 Å². The monoisotopic (exact) mass is 352 g/mol. The molecule has 6 heteroatoms. The Hall–Kier alpha value is -2.89. The number of methoxy groups -OCH3 is 1. The number of carbonyl (C=O) groups is 1. The zero-order chi connectivity index (χ0) is 18.9. The van der Waals surface area contributed by atoms with Gasteiger partial charge in [0.25, 0.3) is 5.91 Å². The van der Waals surface area contributed by atoms with E-state index in [9.17, 15) is 4.79 Å². The van der Waals surface area contributed by atoms with Crippen molar-refractivity contribution in [3.8, 4) is 5.75 Å². The molecule has 1 amide bonds. The van der Waals surface area contributed by atoms with Gasteiger partial charge in [0.15, 0.2) is 5.65 Å². The number of aromatic nitrogens is 3. The number of fused-ring (bicyclic) bond motifs is 1. The molecule has 136 valence electrons. The van der Waals surface area contributed by atoms with Gasteiger partial charge >= 0.3 is 0 Å². The van der Waals surface area contributed by atoms with Crippen molar-refractivity contribution in [2.45, 2.75) is 39.7 Å². The maximum absolute atomic E-state index is 12.6. The molecule has 0 radical (unpaired) electrons. The van der Waals surface area contributed by atoms with Gasteiger partial charge in [0, 0.05) is 24.2 Å².